The van der Waals surface area contributed by atoms with Crippen molar-refractivity contribution in [2.45, 2.75) is 64.8 Å². The molecule has 0 radical (unpaired) electrons. The van der Waals surface area contributed by atoms with E-state index in [0.717, 1.165) is 0 Å². The number of benzene rings is 1. The van der Waals surface area contributed by atoms with Gasteiger partial charge in [-0.15, -0.1) is 0 Å². The molecule has 3 rings (SSSR count). The minimum atomic E-state index is -5.11. The SMILES string of the molecule is CC(C)[C@H](NC(=O)c1cc(-c2ccccc2)on1)C(=O)N1CCC[C@H]1C(=O)N[C@H](C(=O)C(F)(F)F)C(C)C. The van der Waals surface area contributed by atoms with Crippen LogP contribution in [0, 0.1) is 11.8 Å². The smallest absolute Gasteiger partial charge is 0.355 e. The Morgan fingerprint density at radius 2 is 1.63 bits per heavy atom. The number of carbonyl (C=O) groups excluding carboxylic acids is 4. The molecule has 12 heteroatoms. The topological polar surface area (TPSA) is 122 Å². The molecule has 1 aliphatic rings. The van der Waals surface area contributed by atoms with Gasteiger partial charge in [-0.25, -0.2) is 0 Å². The lowest BCUT2D eigenvalue weighted by molar-refractivity contribution is -0.175. The summed E-state index contributed by atoms with van der Waals surface area (Å²) in [5.74, 6) is -4.93. The van der Waals surface area contributed by atoms with Crippen LogP contribution in [0.4, 0.5) is 13.2 Å². The van der Waals surface area contributed by atoms with Crippen molar-refractivity contribution < 1.29 is 36.9 Å². The predicted octanol–water partition coefficient (Wildman–Crippen LogP) is 3.36. The molecule has 206 valence electrons. The first kappa shape index (κ1) is 28.9. The Morgan fingerprint density at radius 3 is 2.21 bits per heavy atom. The van der Waals surface area contributed by atoms with E-state index in [1.165, 1.54) is 24.8 Å². The van der Waals surface area contributed by atoms with Gasteiger partial charge >= 0.3 is 6.18 Å². The van der Waals surface area contributed by atoms with E-state index in [1.54, 1.807) is 38.1 Å². The van der Waals surface area contributed by atoms with Crippen molar-refractivity contribution in [3.8, 4) is 11.3 Å². The van der Waals surface area contributed by atoms with Crippen molar-refractivity contribution in [1.82, 2.24) is 20.7 Å². The van der Waals surface area contributed by atoms with E-state index in [4.69, 9.17) is 4.52 Å². The number of nitrogens with zero attached hydrogens (tertiary/aromatic N) is 2. The Labute approximate surface area is 218 Å². The number of rotatable bonds is 9. The zero-order valence-electron chi connectivity index (χ0n) is 21.5. The van der Waals surface area contributed by atoms with Crippen LogP contribution in [0.1, 0.15) is 51.0 Å². The molecule has 0 bridgehead atoms. The van der Waals surface area contributed by atoms with Gasteiger partial charge in [-0.1, -0.05) is 63.2 Å². The summed E-state index contributed by atoms with van der Waals surface area (Å²) in [7, 11) is 0. The van der Waals surface area contributed by atoms with Crippen LogP contribution in [0.5, 0.6) is 0 Å². The molecule has 3 amide bonds. The Morgan fingerprint density at radius 1 is 1.00 bits per heavy atom. The fraction of sp³-hybridized carbons (Fsp3) is 0.500. The molecule has 0 aliphatic carbocycles. The second-order valence-electron chi connectivity index (χ2n) is 9.92. The summed E-state index contributed by atoms with van der Waals surface area (Å²) in [5, 5.41) is 8.62. The quantitative estimate of drug-likeness (QED) is 0.507. The third-order valence-corrected chi connectivity index (χ3v) is 6.39. The maximum Gasteiger partial charge on any atom is 0.452 e. The molecule has 1 fully saturated rings. The number of Topliss-reactive ketones (excluding diaryl/α,β-unsaturated/α-hetero) is 1. The Bertz CT molecular complexity index is 1160. The molecule has 1 aliphatic heterocycles. The number of amides is 3. The van der Waals surface area contributed by atoms with E-state index in [9.17, 15) is 32.3 Å². The van der Waals surface area contributed by atoms with Crippen molar-refractivity contribution in [2.24, 2.45) is 11.8 Å². The molecule has 2 aromatic rings. The van der Waals surface area contributed by atoms with Gasteiger partial charge in [-0.05, 0) is 24.7 Å². The second kappa shape index (κ2) is 11.8. The highest BCUT2D eigenvalue weighted by atomic mass is 19.4. The summed E-state index contributed by atoms with van der Waals surface area (Å²) in [5.41, 5.74) is 0.675. The first-order chi connectivity index (χ1) is 17.8. The zero-order valence-corrected chi connectivity index (χ0v) is 21.5. The Hall–Kier alpha value is -3.70. The fourth-order valence-electron chi connectivity index (χ4n) is 4.29. The van der Waals surface area contributed by atoms with Crippen LogP contribution in [0.3, 0.4) is 0 Å². The molecule has 2 N–H and O–H groups in total. The first-order valence-electron chi connectivity index (χ1n) is 12.4. The summed E-state index contributed by atoms with van der Waals surface area (Å²) in [4.78, 5) is 52.4. The molecule has 2 heterocycles. The molecule has 0 saturated carbocycles. The summed E-state index contributed by atoms with van der Waals surface area (Å²) < 4.78 is 44.3. The van der Waals surface area contributed by atoms with Gasteiger partial charge in [0.1, 0.15) is 12.1 Å². The number of nitrogens with one attached hydrogen (secondary N) is 2. The van der Waals surface area contributed by atoms with Gasteiger partial charge in [-0.3, -0.25) is 19.2 Å². The van der Waals surface area contributed by atoms with Crippen molar-refractivity contribution in [2.75, 3.05) is 6.54 Å². The van der Waals surface area contributed by atoms with E-state index in [2.05, 4.69) is 15.8 Å². The molecule has 9 nitrogen and oxygen atoms in total. The van der Waals surface area contributed by atoms with Gasteiger partial charge in [0, 0.05) is 18.2 Å². The van der Waals surface area contributed by atoms with E-state index in [1.807, 2.05) is 6.07 Å². The number of halogens is 3. The summed E-state index contributed by atoms with van der Waals surface area (Å²) in [6.45, 7) is 6.39. The predicted molar refractivity (Wildman–Crippen MR) is 131 cm³/mol. The van der Waals surface area contributed by atoms with Crippen LogP contribution >= 0.6 is 0 Å². The highest BCUT2D eigenvalue weighted by molar-refractivity contribution is 5.99. The van der Waals surface area contributed by atoms with Gasteiger partial charge in [-0.2, -0.15) is 13.2 Å². The third kappa shape index (κ3) is 6.59. The monoisotopic (exact) mass is 536 g/mol. The van der Waals surface area contributed by atoms with Gasteiger partial charge in [0.05, 0.1) is 6.04 Å². The molecule has 0 unspecified atom stereocenters. The maximum absolute atomic E-state index is 13.4. The largest absolute Gasteiger partial charge is 0.452 e. The van der Waals surface area contributed by atoms with Crippen molar-refractivity contribution >= 4 is 23.5 Å². The van der Waals surface area contributed by atoms with Gasteiger partial charge in [0.15, 0.2) is 11.5 Å². The summed E-state index contributed by atoms with van der Waals surface area (Å²) >= 11 is 0. The van der Waals surface area contributed by atoms with Crippen molar-refractivity contribution in [1.29, 1.82) is 0 Å². The molecular weight excluding hydrogens is 505 g/mol. The van der Waals surface area contributed by atoms with Gasteiger partial charge in [0.25, 0.3) is 11.7 Å². The lowest BCUT2D eigenvalue weighted by Crippen LogP contribution is -2.58. The third-order valence-electron chi connectivity index (χ3n) is 6.39. The molecule has 38 heavy (non-hydrogen) atoms. The van der Waals surface area contributed by atoms with E-state index >= 15 is 0 Å². The number of ketones is 1. The number of hydrogen-bond acceptors (Lipinski definition) is 6. The van der Waals surface area contributed by atoms with E-state index in [0.29, 0.717) is 17.7 Å². The lowest BCUT2D eigenvalue weighted by atomic mass is 9.98. The highest BCUT2D eigenvalue weighted by Crippen LogP contribution is 2.24. The lowest BCUT2D eigenvalue weighted by Gasteiger charge is -2.31. The molecule has 1 aromatic carbocycles. The minimum Gasteiger partial charge on any atom is -0.355 e. The average molecular weight is 537 g/mol. The van der Waals surface area contributed by atoms with Crippen LogP contribution in [-0.4, -0.2) is 64.4 Å². The van der Waals surface area contributed by atoms with Crippen molar-refractivity contribution in [3.63, 3.8) is 0 Å². The second-order valence-corrected chi connectivity index (χ2v) is 9.92. The zero-order chi connectivity index (χ0) is 28.2. The minimum absolute atomic E-state index is 0.0385. The average Bonchev–Trinajstić information content (AvgIpc) is 3.55. The van der Waals surface area contributed by atoms with E-state index < -0.39 is 53.7 Å². The summed E-state index contributed by atoms with van der Waals surface area (Å²) in [6, 6.07) is 6.57. The van der Waals surface area contributed by atoms with Gasteiger partial charge in [0.2, 0.25) is 11.8 Å². The molecular formula is C26H31F3N4O5. The Balaban J connectivity index is 1.73. The molecule has 1 aromatic heterocycles. The number of likely N-dealkylation sites (tertiary alicyclic amines) is 1. The number of alkyl halides is 3. The number of aromatic nitrogens is 1. The van der Waals surface area contributed by atoms with Gasteiger partial charge < -0.3 is 20.1 Å². The van der Waals surface area contributed by atoms with Crippen LogP contribution in [0.25, 0.3) is 11.3 Å². The molecule has 3 atom stereocenters. The summed E-state index contributed by atoms with van der Waals surface area (Å²) in [6.07, 6.45) is -4.46. The standard InChI is InChI=1S/C26H31F3N4O5/c1-14(2)20(22(34)26(27,28)29)30-24(36)18-11-8-12-33(18)25(37)21(15(3)4)31-23(35)17-13-19(38-32-17)16-9-6-5-7-10-16/h5-7,9-10,13-15,18,20-21H,8,11-12H2,1-4H3,(H,30,36)(H,31,35)/t18-,20-,21-/m0/s1. The number of carbonyl (C=O) groups is 4. The fourth-order valence-corrected chi connectivity index (χ4v) is 4.29. The number of hydrogen-bond donors (Lipinski definition) is 2. The Kier molecular flexibility index (Phi) is 8.95. The molecule has 0 spiro atoms. The molecule has 1 saturated heterocycles. The highest BCUT2D eigenvalue weighted by Gasteiger charge is 2.46. The van der Waals surface area contributed by atoms with Crippen LogP contribution < -0.4 is 10.6 Å². The van der Waals surface area contributed by atoms with Crippen molar-refractivity contribution in [3.05, 3.63) is 42.1 Å². The normalized spacial score (nSPS) is 17.4. The van der Waals surface area contributed by atoms with E-state index in [-0.39, 0.29) is 24.6 Å². The van der Waals surface area contributed by atoms with Crippen LogP contribution in [-0.2, 0) is 14.4 Å². The first-order valence-corrected chi connectivity index (χ1v) is 12.4. The van der Waals surface area contributed by atoms with Crippen LogP contribution in [0.2, 0.25) is 0 Å². The maximum atomic E-state index is 13.4. The van der Waals surface area contributed by atoms with Crippen LogP contribution in [0.15, 0.2) is 40.9 Å².